The van der Waals surface area contributed by atoms with Crippen molar-refractivity contribution in [3.63, 3.8) is 0 Å². The lowest BCUT2D eigenvalue weighted by atomic mass is 9.80. The molecule has 100 valence electrons. The predicted octanol–water partition coefficient (Wildman–Crippen LogP) is 4.39. The van der Waals surface area contributed by atoms with Crippen LogP contribution in [0.5, 0.6) is 0 Å². The largest absolute Gasteiger partial charge is 0.310 e. The summed E-state index contributed by atoms with van der Waals surface area (Å²) in [6, 6.07) is 5.34. The summed E-state index contributed by atoms with van der Waals surface area (Å²) in [5.74, 6) is 1.29. The van der Waals surface area contributed by atoms with Crippen LogP contribution in [0.3, 0.4) is 0 Å². The molecule has 3 heteroatoms. The summed E-state index contributed by atoms with van der Waals surface area (Å²) in [5.41, 5.74) is 0.588. The van der Waals surface area contributed by atoms with E-state index in [2.05, 4.69) is 19.2 Å². The van der Waals surface area contributed by atoms with Crippen molar-refractivity contribution >= 4 is 11.6 Å². The van der Waals surface area contributed by atoms with E-state index in [1.807, 2.05) is 0 Å². The lowest BCUT2D eigenvalue weighted by Crippen LogP contribution is -2.36. The standard InChI is InChI=1S/C15H21ClFN/c1-10-6-11(2)8-12(7-10)18-9-13-14(16)4-3-5-15(13)17/h3-5,10-12,18H,6-9H2,1-2H3. The van der Waals surface area contributed by atoms with E-state index in [0.717, 1.165) is 11.8 Å². The molecule has 1 aromatic carbocycles. The Balaban J connectivity index is 1.95. The van der Waals surface area contributed by atoms with E-state index >= 15 is 0 Å². The molecular formula is C15H21ClFN. The zero-order valence-electron chi connectivity index (χ0n) is 11.0. The van der Waals surface area contributed by atoms with E-state index in [4.69, 9.17) is 11.6 Å². The molecule has 0 radical (unpaired) electrons. The molecule has 0 saturated heterocycles. The molecule has 0 bridgehead atoms. The van der Waals surface area contributed by atoms with Gasteiger partial charge >= 0.3 is 0 Å². The average molecular weight is 270 g/mol. The molecule has 1 saturated carbocycles. The smallest absolute Gasteiger partial charge is 0.129 e. The normalized spacial score (nSPS) is 28.3. The van der Waals surface area contributed by atoms with Gasteiger partial charge in [-0.2, -0.15) is 0 Å². The summed E-state index contributed by atoms with van der Waals surface area (Å²) in [6.07, 6.45) is 3.66. The summed E-state index contributed by atoms with van der Waals surface area (Å²) >= 11 is 6.02. The fourth-order valence-corrected chi connectivity index (χ4v) is 3.29. The van der Waals surface area contributed by atoms with E-state index in [1.165, 1.54) is 25.3 Å². The second kappa shape index (κ2) is 6.03. The molecule has 1 fully saturated rings. The van der Waals surface area contributed by atoms with Crippen molar-refractivity contribution in [1.82, 2.24) is 5.32 Å². The van der Waals surface area contributed by atoms with Crippen molar-refractivity contribution < 1.29 is 4.39 Å². The molecule has 0 amide bonds. The van der Waals surface area contributed by atoms with Gasteiger partial charge in [0.05, 0.1) is 0 Å². The molecule has 2 unspecified atom stereocenters. The third kappa shape index (κ3) is 3.46. The van der Waals surface area contributed by atoms with Crippen molar-refractivity contribution in [2.75, 3.05) is 0 Å². The number of hydrogen-bond acceptors (Lipinski definition) is 1. The molecule has 18 heavy (non-hydrogen) atoms. The van der Waals surface area contributed by atoms with Gasteiger partial charge in [0.1, 0.15) is 5.82 Å². The first-order valence-electron chi connectivity index (χ1n) is 6.72. The van der Waals surface area contributed by atoms with Crippen molar-refractivity contribution in [3.8, 4) is 0 Å². The van der Waals surface area contributed by atoms with Crippen LogP contribution in [0, 0.1) is 17.7 Å². The molecule has 0 aliphatic heterocycles. The zero-order valence-corrected chi connectivity index (χ0v) is 11.8. The molecule has 0 aromatic heterocycles. The van der Waals surface area contributed by atoms with Crippen LogP contribution < -0.4 is 5.32 Å². The minimum atomic E-state index is -0.216. The Morgan fingerprint density at radius 1 is 1.22 bits per heavy atom. The van der Waals surface area contributed by atoms with Gasteiger partial charge in [-0.3, -0.25) is 0 Å². The Hall–Kier alpha value is -0.600. The van der Waals surface area contributed by atoms with E-state index in [0.29, 0.717) is 23.2 Å². The summed E-state index contributed by atoms with van der Waals surface area (Å²) in [5, 5.41) is 3.97. The van der Waals surface area contributed by atoms with Crippen LogP contribution in [-0.4, -0.2) is 6.04 Å². The summed E-state index contributed by atoms with van der Waals surface area (Å²) in [4.78, 5) is 0. The van der Waals surface area contributed by atoms with Crippen LogP contribution in [0.2, 0.25) is 5.02 Å². The van der Waals surface area contributed by atoms with Gasteiger partial charge in [-0.25, -0.2) is 4.39 Å². The second-order valence-electron chi connectivity index (χ2n) is 5.70. The Bertz CT molecular complexity index is 377. The van der Waals surface area contributed by atoms with Crippen LogP contribution in [0.25, 0.3) is 0 Å². The van der Waals surface area contributed by atoms with Crippen molar-refractivity contribution in [2.45, 2.75) is 45.7 Å². The summed E-state index contributed by atoms with van der Waals surface area (Å²) in [7, 11) is 0. The first-order chi connectivity index (χ1) is 8.56. The van der Waals surface area contributed by atoms with Crippen molar-refractivity contribution in [3.05, 3.63) is 34.6 Å². The van der Waals surface area contributed by atoms with Gasteiger partial charge in [0, 0.05) is 23.2 Å². The number of benzene rings is 1. The van der Waals surface area contributed by atoms with Gasteiger partial charge in [0.25, 0.3) is 0 Å². The van der Waals surface area contributed by atoms with E-state index < -0.39 is 0 Å². The third-order valence-electron chi connectivity index (χ3n) is 3.81. The summed E-state index contributed by atoms with van der Waals surface area (Å²) in [6.45, 7) is 5.11. The summed E-state index contributed by atoms with van der Waals surface area (Å²) < 4.78 is 13.6. The molecule has 1 aliphatic rings. The first-order valence-corrected chi connectivity index (χ1v) is 7.10. The van der Waals surface area contributed by atoms with Crippen LogP contribution in [0.4, 0.5) is 4.39 Å². The van der Waals surface area contributed by atoms with Gasteiger partial charge in [-0.05, 0) is 43.2 Å². The molecule has 1 aromatic rings. The molecule has 1 aliphatic carbocycles. The number of hydrogen-bond donors (Lipinski definition) is 1. The fraction of sp³-hybridized carbons (Fsp3) is 0.600. The molecule has 2 rings (SSSR count). The minimum absolute atomic E-state index is 0.216. The lowest BCUT2D eigenvalue weighted by Gasteiger charge is -2.32. The highest BCUT2D eigenvalue weighted by atomic mass is 35.5. The number of halogens is 2. The fourth-order valence-electron chi connectivity index (χ4n) is 3.06. The number of nitrogens with one attached hydrogen (secondary N) is 1. The van der Waals surface area contributed by atoms with Gasteiger partial charge in [0.2, 0.25) is 0 Å². The van der Waals surface area contributed by atoms with E-state index in [1.54, 1.807) is 12.1 Å². The Labute approximate surface area is 114 Å². The van der Waals surface area contributed by atoms with Crippen molar-refractivity contribution in [1.29, 1.82) is 0 Å². The maximum Gasteiger partial charge on any atom is 0.129 e. The molecule has 2 atom stereocenters. The van der Waals surface area contributed by atoms with Gasteiger partial charge in [-0.1, -0.05) is 31.5 Å². The lowest BCUT2D eigenvalue weighted by molar-refractivity contribution is 0.237. The monoisotopic (exact) mass is 269 g/mol. The average Bonchev–Trinajstić information content (AvgIpc) is 2.27. The molecule has 0 spiro atoms. The maximum atomic E-state index is 13.6. The molecule has 1 N–H and O–H groups in total. The van der Waals surface area contributed by atoms with Crippen molar-refractivity contribution in [2.24, 2.45) is 11.8 Å². The zero-order chi connectivity index (χ0) is 13.1. The van der Waals surface area contributed by atoms with Crippen LogP contribution in [0.1, 0.15) is 38.7 Å². The SMILES string of the molecule is CC1CC(C)CC(NCc2c(F)cccc2Cl)C1. The second-order valence-corrected chi connectivity index (χ2v) is 6.10. The van der Waals surface area contributed by atoms with Gasteiger partial charge in [0.15, 0.2) is 0 Å². The highest BCUT2D eigenvalue weighted by Crippen LogP contribution is 2.29. The molecular weight excluding hydrogens is 249 g/mol. The molecule has 1 nitrogen and oxygen atoms in total. The Morgan fingerprint density at radius 2 is 1.89 bits per heavy atom. The van der Waals surface area contributed by atoms with Crippen LogP contribution >= 0.6 is 11.6 Å². The highest BCUT2D eigenvalue weighted by molar-refractivity contribution is 6.31. The van der Waals surface area contributed by atoms with E-state index in [9.17, 15) is 4.39 Å². The Kier molecular flexibility index (Phi) is 4.63. The Morgan fingerprint density at radius 3 is 2.50 bits per heavy atom. The van der Waals surface area contributed by atoms with E-state index in [-0.39, 0.29) is 5.82 Å². The predicted molar refractivity (Wildman–Crippen MR) is 74.2 cm³/mol. The highest BCUT2D eigenvalue weighted by Gasteiger charge is 2.23. The maximum absolute atomic E-state index is 13.6. The minimum Gasteiger partial charge on any atom is -0.310 e. The molecule has 0 heterocycles. The van der Waals surface area contributed by atoms with Gasteiger partial charge in [-0.15, -0.1) is 0 Å². The van der Waals surface area contributed by atoms with Crippen LogP contribution in [-0.2, 0) is 6.54 Å². The topological polar surface area (TPSA) is 12.0 Å². The quantitative estimate of drug-likeness (QED) is 0.858. The third-order valence-corrected chi connectivity index (χ3v) is 4.16. The first kappa shape index (κ1) is 13.8. The van der Waals surface area contributed by atoms with Crippen LogP contribution in [0.15, 0.2) is 18.2 Å². The van der Waals surface area contributed by atoms with Gasteiger partial charge < -0.3 is 5.32 Å². The number of rotatable bonds is 3.